The molecule has 0 spiro atoms. The van der Waals surface area contributed by atoms with Crippen LogP contribution in [0.4, 0.5) is 5.69 Å². The number of amides is 1. The zero-order valence-electron chi connectivity index (χ0n) is 11.7. The average molecular weight is 249 g/mol. The number of nitrogens with zero attached hydrogens (tertiary/aromatic N) is 1. The van der Waals surface area contributed by atoms with Crippen molar-refractivity contribution in [2.24, 2.45) is 5.73 Å². The highest BCUT2D eigenvalue weighted by Gasteiger charge is 2.25. The van der Waals surface area contributed by atoms with Gasteiger partial charge in [0.15, 0.2) is 0 Å². The van der Waals surface area contributed by atoms with Gasteiger partial charge in [-0.25, -0.2) is 0 Å². The summed E-state index contributed by atoms with van der Waals surface area (Å²) in [5.41, 5.74) is 7.06. The lowest BCUT2D eigenvalue weighted by Gasteiger charge is -2.21. The van der Waals surface area contributed by atoms with Crippen molar-refractivity contribution in [2.45, 2.75) is 32.4 Å². The largest absolute Gasteiger partial charge is 0.325 e. The van der Waals surface area contributed by atoms with E-state index in [4.69, 9.17) is 5.73 Å². The summed E-state index contributed by atoms with van der Waals surface area (Å²) < 4.78 is 0. The van der Waals surface area contributed by atoms with Gasteiger partial charge in [0.2, 0.25) is 5.91 Å². The highest BCUT2D eigenvalue weighted by atomic mass is 16.2. The van der Waals surface area contributed by atoms with E-state index in [2.05, 4.69) is 10.2 Å². The van der Waals surface area contributed by atoms with Gasteiger partial charge in [-0.15, -0.1) is 0 Å². The molecule has 1 aromatic rings. The van der Waals surface area contributed by atoms with Gasteiger partial charge >= 0.3 is 0 Å². The monoisotopic (exact) mass is 249 g/mol. The van der Waals surface area contributed by atoms with Crippen LogP contribution in [0.15, 0.2) is 24.3 Å². The maximum absolute atomic E-state index is 11.9. The summed E-state index contributed by atoms with van der Waals surface area (Å²) in [6.07, 6.45) is 0.609. The van der Waals surface area contributed by atoms with Crippen LogP contribution in [0.5, 0.6) is 0 Å². The molecule has 1 aromatic carbocycles. The maximum atomic E-state index is 11.9. The molecule has 0 saturated carbocycles. The fraction of sp³-hybridized carbons (Fsp3) is 0.500. The van der Waals surface area contributed by atoms with Crippen LogP contribution in [0.1, 0.15) is 25.8 Å². The topological polar surface area (TPSA) is 58.4 Å². The van der Waals surface area contributed by atoms with Crippen molar-refractivity contribution in [1.29, 1.82) is 0 Å². The van der Waals surface area contributed by atoms with E-state index in [1.54, 1.807) is 6.92 Å². The lowest BCUT2D eigenvalue weighted by atomic mass is 9.99. The lowest BCUT2D eigenvalue weighted by molar-refractivity contribution is -0.120. The summed E-state index contributed by atoms with van der Waals surface area (Å²) in [5, 5.41) is 2.84. The molecule has 1 atom stereocenters. The summed E-state index contributed by atoms with van der Waals surface area (Å²) in [5.74, 6) is -0.148. The number of carbonyl (C=O) groups is 1. The smallest absolute Gasteiger partial charge is 0.244 e. The molecule has 1 rings (SSSR count). The predicted octanol–water partition coefficient (Wildman–Crippen LogP) is 1.81. The van der Waals surface area contributed by atoms with Crippen molar-refractivity contribution >= 4 is 11.6 Å². The molecule has 0 aliphatic heterocycles. The Balaban J connectivity index is 2.67. The SMILES string of the molecule is CCC(C)(N)C(=O)Nc1ccc(CN(C)C)cc1. The first-order valence-corrected chi connectivity index (χ1v) is 6.19. The van der Waals surface area contributed by atoms with Gasteiger partial charge in [0.25, 0.3) is 0 Å². The number of nitrogens with one attached hydrogen (secondary N) is 1. The second kappa shape index (κ2) is 5.98. The molecule has 0 saturated heterocycles. The summed E-state index contributed by atoms with van der Waals surface area (Å²) >= 11 is 0. The molecular formula is C14H23N3O. The average Bonchev–Trinajstić information content (AvgIpc) is 2.31. The van der Waals surface area contributed by atoms with Crippen molar-refractivity contribution in [3.8, 4) is 0 Å². The van der Waals surface area contributed by atoms with Crippen molar-refractivity contribution in [3.63, 3.8) is 0 Å². The lowest BCUT2D eigenvalue weighted by Crippen LogP contribution is -2.47. The Labute approximate surface area is 109 Å². The fourth-order valence-corrected chi connectivity index (χ4v) is 1.49. The Morgan fingerprint density at radius 2 is 1.89 bits per heavy atom. The van der Waals surface area contributed by atoms with Crippen molar-refractivity contribution in [3.05, 3.63) is 29.8 Å². The second-order valence-corrected chi connectivity index (χ2v) is 5.16. The third-order valence-corrected chi connectivity index (χ3v) is 2.96. The fourth-order valence-electron chi connectivity index (χ4n) is 1.49. The molecule has 1 amide bonds. The van der Waals surface area contributed by atoms with Gasteiger partial charge in [-0.05, 0) is 45.1 Å². The third-order valence-electron chi connectivity index (χ3n) is 2.96. The Morgan fingerprint density at radius 3 is 2.33 bits per heavy atom. The molecule has 18 heavy (non-hydrogen) atoms. The standard InChI is InChI=1S/C14H23N3O/c1-5-14(2,15)13(18)16-12-8-6-11(7-9-12)10-17(3)4/h6-9H,5,10,15H2,1-4H3,(H,16,18). The molecular weight excluding hydrogens is 226 g/mol. The third kappa shape index (κ3) is 4.13. The number of hydrogen-bond donors (Lipinski definition) is 2. The zero-order chi connectivity index (χ0) is 13.8. The molecule has 0 aromatic heterocycles. The van der Waals surface area contributed by atoms with Gasteiger partial charge in [0.1, 0.15) is 0 Å². The van der Waals surface area contributed by atoms with Crippen LogP contribution in [-0.2, 0) is 11.3 Å². The van der Waals surface area contributed by atoms with Crippen LogP contribution in [0, 0.1) is 0 Å². The van der Waals surface area contributed by atoms with E-state index in [9.17, 15) is 4.79 Å². The Bertz CT molecular complexity index is 396. The van der Waals surface area contributed by atoms with Crippen LogP contribution in [0.2, 0.25) is 0 Å². The quantitative estimate of drug-likeness (QED) is 0.836. The Morgan fingerprint density at radius 1 is 1.33 bits per heavy atom. The highest BCUT2D eigenvalue weighted by molar-refractivity contribution is 5.97. The van der Waals surface area contributed by atoms with Gasteiger partial charge in [0, 0.05) is 12.2 Å². The molecule has 3 N–H and O–H groups in total. The first kappa shape index (κ1) is 14.7. The number of nitrogens with two attached hydrogens (primary N) is 1. The minimum absolute atomic E-state index is 0.148. The minimum Gasteiger partial charge on any atom is -0.325 e. The molecule has 0 fully saturated rings. The highest BCUT2D eigenvalue weighted by Crippen LogP contribution is 2.13. The Hall–Kier alpha value is -1.39. The summed E-state index contributed by atoms with van der Waals surface area (Å²) in [6.45, 7) is 4.53. The number of anilines is 1. The Kier molecular flexibility index (Phi) is 4.87. The summed E-state index contributed by atoms with van der Waals surface area (Å²) in [7, 11) is 4.05. The van der Waals surface area contributed by atoms with Gasteiger partial charge in [-0.3, -0.25) is 4.79 Å². The maximum Gasteiger partial charge on any atom is 0.244 e. The molecule has 4 heteroatoms. The van der Waals surface area contributed by atoms with Crippen LogP contribution < -0.4 is 11.1 Å². The number of carbonyl (C=O) groups excluding carboxylic acids is 1. The molecule has 0 radical (unpaired) electrons. The van der Waals surface area contributed by atoms with Gasteiger partial charge in [-0.1, -0.05) is 19.1 Å². The molecule has 0 aliphatic rings. The molecule has 0 aliphatic carbocycles. The first-order chi connectivity index (χ1) is 8.35. The van der Waals surface area contributed by atoms with E-state index in [-0.39, 0.29) is 5.91 Å². The van der Waals surface area contributed by atoms with E-state index in [1.807, 2.05) is 45.3 Å². The first-order valence-electron chi connectivity index (χ1n) is 6.19. The van der Waals surface area contributed by atoms with E-state index in [1.165, 1.54) is 5.56 Å². The van der Waals surface area contributed by atoms with E-state index < -0.39 is 5.54 Å². The predicted molar refractivity (Wildman–Crippen MR) is 75.3 cm³/mol. The zero-order valence-corrected chi connectivity index (χ0v) is 11.7. The number of benzene rings is 1. The normalized spacial score (nSPS) is 14.3. The van der Waals surface area contributed by atoms with E-state index >= 15 is 0 Å². The summed E-state index contributed by atoms with van der Waals surface area (Å²) in [4.78, 5) is 14.0. The van der Waals surface area contributed by atoms with Crippen molar-refractivity contribution in [1.82, 2.24) is 4.90 Å². The molecule has 100 valence electrons. The molecule has 0 heterocycles. The second-order valence-electron chi connectivity index (χ2n) is 5.16. The van der Waals surface area contributed by atoms with Crippen LogP contribution in [-0.4, -0.2) is 30.4 Å². The van der Waals surface area contributed by atoms with Crippen molar-refractivity contribution in [2.75, 3.05) is 19.4 Å². The van der Waals surface area contributed by atoms with Gasteiger partial charge in [0.05, 0.1) is 5.54 Å². The molecule has 1 unspecified atom stereocenters. The van der Waals surface area contributed by atoms with E-state index in [0.29, 0.717) is 6.42 Å². The summed E-state index contributed by atoms with van der Waals surface area (Å²) in [6, 6.07) is 7.83. The molecule has 0 bridgehead atoms. The van der Waals surface area contributed by atoms with Crippen LogP contribution >= 0.6 is 0 Å². The minimum atomic E-state index is -0.817. The van der Waals surface area contributed by atoms with Crippen LogP contribution in [0.25, 0.3) is 0 Å². The van der Waals surface area contributed by atoms with Gasteiger partial charge < -0.3 is 16.0 Å². The van der Waals surface area contributed by atoms with Gasteiger partial charge in [-0.2, -0.15) is 0 Å². The number of hydrogen-bond acceptors (Lipinski definition) is 3. The van der Waals surface area contributed by atoms with Crippen molar-refractivity contribution < 1.29 is 4.79 Å². The number of rotatable bonds is 5. The molecule has 4 nitrogen and oxygen atoms in total. The van der Waals surface area contributed by atoms with E-state index in [0.717, 1.165) is 12.2 Å². The van der Waals surface area contributed by atoms with Crippen LogP contribution in [0.3, 0.4) is 0 Å².